The van der Waals surface area contributed by atoms with Gasteiger partial charge in [0.15, 0.2) is 5.58 Å². The summed E-state index contributed by atoms with van der Waals surface area (Å²) in [6, 6.07) is 4.83. The molecule has 4 nitrogen and oxygen atoms in total. The van der Waals surface area contributed by atoms with Gasteiger partial charge < -0.3 is 14.4 Å². The van der Waals surface area contributed by atoms with Crippen LogP contribution in [0.5, 0.6) is 0 Å². The van der Waals surface area contributed by atoms with Crippen LogP contribution in [-0.4, -0.2) is 29.3 Å². The normalized spacial score (nSPS) is 24.7. The molecule has 18 heavy (non-hydrogen) atoms. The van der Waals surface area contributed by atoms with Crippen LogP contribution < -0.4 is 4.90 Å². The van der Waals surface area contributed by atoms with Crippen molar-refractivity contribution in [3.05, 3.63) is 24.0 Å². The molecule has 1 aliphatic heterocycles. The average Bonchev–Trinajstić information content (AvgIpc) is 2.75. The van der Waals surface area contributed by atoms with E-state index in [0.29, 0.717) is 36.6 Å². The second kappa shape index (κ2) is 4.24. The van der Waals surface area contributed by atoms with E-state index < -0.39 is 0 Å². The number of rotatable bonds is 1. The maximum atomic E-state index is 13.1. The highest BCUT2D eigenvalue weighted by atomic mass is 19.1. The zero-order chi connectivity index (χ0) is 12.7. The Kier molecular flexibility index (Phi) is 2.70. The van der Waals surface area contributed by atoms with E-state index in [2.05, 4.69) is 4.98 Å². The molecule has 1 fully saturated rings. The number of hydrogen-bond donors (Lipinski definition) is 1. The lowest BCUT2D eigenvalue weighted by Gasteiger charge is -2.33. The lowest BCUT2D eigenvalue weighted by atomic mass is 9.97. The summed E-state index contributed by atoms with van der Waals surface area (Å²) in [6.07, 6.45) is 0.442. The molecule has 2 aromatic rings. The minimum absolute atomic E-state index is 0.186. The predicted molar refractivity (Wildman–Crippen MR) is 66.0 cm³/mol. The van der Waals surface area contributed by atoms with Crippen LogP contribution in [-0.2, 0) is 0 Å². The summed E-state index contributed by atoms with van der Waals surface area (Å²) in [4.78, 5) is 6.34. The molecule has 5 heteroatoms. The van der Waals surface area contributed by atoms with Gasteiger partial charge in [-0.3, -0.25) is 0 Å². The Balaban J connectivity index is 1.90. The van der Waals surface area contributed by atoms with Crippen molar-refractivity contribution in [2.45, 2.75) is 19.4 Å². The van der Waals surface area contributed by atoms with Crippen LogP contribution >= 0.6 is 0 Å². The van der Waals surface area contributed by atoms with Crippen molar-refractivity contribution in [3.8, 4) is 0 Å². The quantitative estimate of drug-likeness (QED) is 0.842. The summed E-state index contributed by atoms with van der Waals surface area (Å²) in [5.74, 6) is -0.141. The van der Waals surface area contributed by atoms with Gasteiger partial charge >= 0.3 is 0 Å². The fourth-order valence-corrected chi connectivity index (χ4v) is 2.33. The van der Waals surface area contributed by atoms with Crippen molar-refractivity contribution in [1.29, 1.82) is 0 Å². The maximum Gasteiger partial charge on any atom is 0.298 e. The van der Waals surface area contributed by atoms with E-state index in [1.165, 1.54) is 12.1 Å². The van der Waals surface area contributed by atoms with Gasteiger partial charge in [-0.15, -0.1) is 0 Å². The average molecular weight is 250 g/mol. The molecular formula is C13H15FN2O2. The molecule has 2 atom stereocenters. The molecule has 1 saturated heterocycles. The first kappa shape index (κ1) is 11.5. The Labute approximate surface area is 104 Å². The lowest BCUT2D eigenvalue weighted by molar-refractivity contribution is 0.0957. The van der Waals surface area contributed by atoms with Crippen LogP contribution in [0.1, 0.15) is 13.3 Å². The number of aliphatic hydroxyl groups excluding tert-OH is 1. The smallest absolute Gasteiger partial charge is 0.298 e. The van der Waals surface area contributed by atoms with Gasteiger partial charge in [0.05, 0.1) is 6.10 Å². The number of aromatic nitrogens is 1. The number of oxazole rings is 1. The van der Waals surface area contributed by atoms with Crippen LogP contribution in [0.4, 0.5) is 10.4 Å². The monoisotopic (exact) mass is 250 g/mol. The van der Waals surface area contributed by atoms with Crippen molar-refractivity contribution >= 4 is 17.1 Å². The first-order valence-corrected chi connectivity index (χ1v) is 6.12. The summed E-state index contributed by atoms with van der Waals surface area (Å²) >= 11 is 0. The molecule has 1 N–H and O–H groups in total. The first-order chi connectivity index (χ1) is 8.63. The third kappa shape index (κ3) is 1.95. The SMILES string of the molecule is CC1CN(c2nc3ccc(F)cc3o2)CCC1O. The molecule has 1 aliphatic rings. The molecule has 1 aromatic carbocycles. The van der Waals surface area contributed by atoms with Crippen LogP contribution in [0.15, 0.2) is 22.6 Å². The van der Waals surface area contributed by atoms with E-state index in [1.807, 2.05) is 11.8 Å². The second-order valence-electron chi connectivity index (χ2n) is 4.89. The fourth-order valence-electron chi connectivity index (χ4n) is 2.33. The molecule has 0 amide bonds. The third-order valence-corrected chi connectivity index (χ3v) is 3.47. The van der Waals surface area contributed by atoms with Gasteiger partial charge in [-0.2, -0.15) is 4.98 Å². The Bertz CT molecular complexity index is 569. The molecule has 2 heterocycles. The number of fused-ring (bicyclic) bond motifs is 1. The molecular weight excluding hydrogens is 235 g/mol. The predicted octanol–water partition coefficient (Wildman–Crippen LogP) is 2.17. The Morgan fingerprint density at radius 3 is 3.11 bits per heavy atom. The molecule has 2 unspecified atom stereocenters. The Morgan fingerprint density at radius 2 is 2.33 bits per heavy atom. The first-order valence-electron chi connectivity index (χ1n) is 6.12. The largest absolute Gasteiger partial charge is 0.423 e. The van der Waals surface area contributed by atoms with Crippen molar-refractivity contribution in [1.82, 2.24) is 4.98 Å². The topological polar surface area (TPSA) is 49.5 Å². The van der Waals surface area contributed by atoms with Crippen molar-refractivity contribution < 1.29 is 13.9 Å². The van der Waals surface area contributed by atoms with E-state index >= 15 is 0 Å². The highest BCUT2D eigenvalue weighted by Gasteiger charge is 2.26. The summed E-state index contributed by atoms with van der Waals surface area (Å²) < 4.78 is 18.6. The summed E-state index contributed by atoms with van der Waals surface area (Å²) in [5, 5.41) is 9.69. The number of benzene rings is 1. The Morgan fingerprint density at radius 1 is 1.50 bits per heavy atom. The molecule has 3 rings (SSSR count). The van der Waals surface area contributed by atoms with Crippen LogP contribution in [0.3, 0.4) is 0 Å². The molecule has 0 saturated carbocycles. The Hall–Kier alpha value is -1.62. The highest BCUT2D eigenvalue weighted by molar-refractivity contribution is 5.74. The lowest BCUT2D eigenvalue weighted by Crippen LogP contribution is -2.42. The molecule has 0 radical (unpaired) electrons. The zero-order valence-corrected chi connectivity index (χ0v) is 10.1. The van der Waals surface area contributed by atoms with E-state index in [4.69, 9.17) is 4.42 Å². The van der Waals surface area contributed by atoms with Crippen molar-refractivity contribution in [2.24, 2.45) is 5.92 Å². The highest BCUT2D eigenvalue weighted by Crippen LogP contribution is 2.26. The van der Waals surface area contributed by atoms with Gasteiger partial charge in [0, 0.05) is 19.2 Å². The minimum Gasteiger partial charge on any atom is -0.423 e. The van der Waals surface area contributed by atoms with E-state index in [0.717, 1.165) is 0 Å². The van der Waals surface area contributed by atoms with Gasteiger partial charge in [-0.05, 0) is 24.5 Å². The number of anilines is 1. The number of nitrogens with zero attached hydrogens (tertiary/aromatic N) is 2. The van der Waals surface area contributed by atoms with E-state index in [-0.39, 0.29) is 17.8 Å². The molecule has 0 aliphatic carbocycles. The summed E-state index contributed by atoms with van der Waals surface area (Å²) in [7, 11) is 0. The van der Waals surface area contributed by atoms with E-state index in [9.17, 15) is 9.50 Å². The second-order valence-corrected chi connectivity index (χ2v) is 4.89. The fraction of sp³-hybridized carbons (Fsp3) is 0.462. The van der Waals surface area contributed by atoms with Gasteiger partial charge in [0.25, 0.3) is 6.01 Å². The molecule has 96 valence electrons. The number of halogens is 1. The van der Waals surface area contributed by atoms with E-state index in [1.54, 1.807) is 6.07 Å². The van der Waals surface area contributed by atoms with Gasteiger partial charge in [-0.25, -0.2) is 4.39 Å². The maximum absolute atomic E-state index is 13.1. The molecule has 1 aromatic heterocycles. The van der Waals surface area contributed by atoms with Crippen LogP contribution in [0, 0.1) is 11.7 Å². The summed E-state index contributed by atoms with van der Waals surface area (Å²) in [5.41, 5.74) is 1.12. The van der Waals surface area contributed by atoms with Gasteiger partial charge in [0.2, 0.25) is 0 Å². The van der Waals surface area contributed by atoms with Gasteiger partial charge in [0.1, 0.15) is 11.3 Å². The summed E-state index contributed by atoms with van der Waals surface area (Å²) in [6.45, 7) is 3.41. The standard InChI is InChI=1S/C13H15FN2O2/c1-8-7-16(5-4-11(8)17)13-15-10-3-2-9(14)6-12(10)18-13/h2-3,6,8,11,17H,4-5,7H2,1H3. The van der Waals surface area contributed by atoms with Crippen LogP contribution in [0.25, 0.3) is 11.1 Å². The van der Waals surface area contributed by atoms with Crippen molar-refractivity contribution in [2.75, 3.05) is 18.0 Å². The number of aliphatic hydroxyl groups is 1. The van der Waals surface area contributed by atoms with Crippen molar-refractivity contribution in [3.63, 3.8) is 0 Å². The molecule has 0 spiro atoms. The third-order valence-electron chi connectivity index (χ3n) is 3.47. The zero-order valence-electron chi connectivity index (χ0n) is 10.1. The minimum atomic E-state index is -0.326. The molecule has 0 bridgehead atoms. The van der Waals surface area contributed by atoms with Crippen LogP contribution in [0.2, 0.25) is 0 Å². The van der Waals surface area contributed by atoms with Gasteiger partial charge in [-0.1, -0.05) is 6.92 Å². The number of hydrogen-bond acceptors (Lipinski definition) is 4. The number of piperidine rings is 1.